The van der Waals surface area contributed by atoms with E-state index in [0.29, 0.717) is 0 Å². The van der Waals surface area contributed by atoms with E-state index in [1.54, 1.807) is 11.8 Å². The third-order valence-electron chi connectivity index (χ3n) is 7.50. The van der Waals surface area contributed by atoms with Gasteiger partial charge in [0.15, 0.2) is 8.32 Å². The number of unbranched alkanes of at least 4 members (excludes halogenated alkanes) is 8. The van der Waals surface area contributed by atoms with Gasteiger partial charge in [-0.3, -0.25) is 4.79 Å². The molecule has 3 nitrogen and oxygen atoms in total. The molecule has 2 rings (SSSR count). The average Bonchev–Trinajstić information content (AvgIpc) is 2.77. The molecule has 194 valence electrons. The van der Waals surface area contributed by atoms with Crippen molar-refractivity contribution in [1.82, 2.24) is 0 Å². The van der Waals surface area contributed by atoms with Crippen molar-refractivity contribution in [2.45, 2.75) is 140 Å². The number of thioether (sulfide) groups is 1. The summed E-state index contributed by atoms with van der Waals surface area (Å²) in [4.78, 5) is 12.2. The zero-order valence-electron chi connectivity index (χ0n) is 22.7. The molecule has 1 aliphatic rings. The summed E-state index contributed by atoms with van der Waals surface area (Å²) in [6.45, 7) is 13.9. The van der Waals surface area contributed by atoms with Crippen molar-refractivity contribution in [2.75, 3.05) is 0 Å². The van der Waals surface area contributed by atoms with Crippen molar-refractivity contribution in [3.8, 4) is 0 Å². The first-order valence-electron chi connectivity index (χ1n) is 13.7. The Morgan fingerprint density at radius 3 is 2.12 bits per heavy atom. The minimum absolute atomic E-state index is 0.0189. The van der Waals surface area contributed by atoms with E-state index < -0.39 is 8.32 Å². The molecule has 1 saturated heterocycles. The molecular weight excluding hydrogens is 456 g/mol. The fraction of sp³-hybridized carbons (Fsp3) is 0.759. The minimum atomic E-state index is -1.87. The van der Waals surface area contributed by atoms with Gasteiger partial charge in [0.05, 0.1) is 0 Å². The predicted molar refractivity (Wildman–Crippen MR) is 150 cm³/mol. The number of hydrogen-bond donors (Lipinski definition) is 0. The molecule has 5 heteroatoms. The first-order valence-corrected chi connectivity index (χ1v) is 17.6. The molecule has 34 heavy (non-hydrogen) atoms. The van der Waals surface area contributed by atoms with E-state index in [2.05, 4.69) is 65.1 Å². The molecule has 0 N–H and O–H groups in total. The molecule has 1 fully saturated rings. The van der Waals surface area contributed by atoms with E-state index in [-0.39, 0.29) is 28.5 Å². The third kappa shape index (κ3) is 10.1. The normalized spacial score (nSPS) is 19.5. The van der Waals surface area contributed by atoms with Crippen molar-refractivity contribution in [3.05, 3.63) is 35.9 Å². The van der Waals surface area contributed by atoms with Crippen molar-refractivity contribution >= 4 is 26.0 Å². The summed E-state index contributed by atoms with van der Waals surface area (Å²) < 4.78 is 12.5. The second-order valence-electron chi connectivity index (χ2n) is 11.5. The van der Waals surface area contributed by atoms with Crippen LogP contribution in [0.1, 0.15) is 104 Å². The van der Waals surface area contributed by atoms with Gasteiger partial charge in [0.1, 0.15) is 11.4 Å². The van der Waals surface area contributed by atoms with E-state index in [1.165, 1.54) is 63.4 Å². The standard InChI is InChI=1S/C29H50O3SSi/c1-7-8-9-10-11-12-13-14-18-21-25(32-34(5,6)29(2,3)4)22-26-27(28(30)31-26)33-23-24-19-16-15-17-20-24/h15-17,19-20,25-27H,7-14,18,21-23H2,1-6H3/t25-,26?,27?/m1/s1. The van der Waals surface area contributed by atoms with Crippen LogP contribution in [0.25, 0.3) is 0 Å². The summed E-state index contributed by atoms with van der Waals surface area (Å²) in [5.74, 6) is 0.795. The zero-order valence-corrected chi connectivity index (χ0v) is 24.6. The summed E-state index contributed by atoms with van der Waals surface area (Å²) >= 11 is 1.72. The number of ether oxygens (including phenoxy) is 1. The number of rotatable bonds is 17. The summed E-state index contributed by atoms with van der Waals surface area (Å²) in [7, 11) is -1.87. The topological polar surface area (TPSA) is 35.5 Å². The maximum atomic E-state index is 12.2. The molecule has 3 atom stereocenters. The lowest BCUT2D eigenvalue weighted by molar-refractivity contribution is -0.169. The van der Waals surface area contributed by atoms with Gasteiger partial charge in [0, 0.05) is 18.3 Å². The Bertz CT molecular complexity index is 701. The highest BCUT2D eigenvalue weighted by Gasteiger charge is 2.45. The van der Waals surface area contributed by atoms with Crippen LogP contribution in [0, 0.1) is 0 Å². The Morgan fingerprint density at radius 1 is 0.971 bits per heavy atom. The molecule has 0 spiro atoms. The quantitative estimate of drug-likeness (QED) is 0.120. The predicted octanol–water partition coefficient (Wildman–Crippen LogP) is 8.92. The summed E-state index contributed by atoms with van der Waals surface area (Å²) in [6.07, 6.45) is 14.1. The molecule has 0 aromatic heterocycles. The largest absolute Gasteiger partial charge is 0.460 e. The fourth-order valence-corrected chi connectivity index (χ4v) is 6.76. The molecule has 0 aliphatic carbocycles. The third-order valence-corrected chi connectivity index (χ3v) is 13.4. The van der Waals surface area contributed by atoms with Crippen LogP contribution >= 0.6 is 11.8 Å². The molecule has 0 saturated carbocycles. The Labute approximate surface area is 215 Å². The first kappa shape index (κ1) is 29.4. The second-order valence-corrected chi connectivity index (χ2v) is 17.4. The van der Waals surface area contributed by atoms with Crippen LogP contribution in [-0.4, -0.2) is 31.7 Å². The summed E-state index contributed by atoms with van der Waals surface area (Å²) in [5, 5.41) is 0.121. The number of cyclic esters (lactones) is 1. The molecule has 1 heterocycles. The summed E-state index contributed by atoms with van der Waals surface area (Å²) in [6, 6.07) is 10.4. The highest BCUT2D eigenvalue weighted by atomic mass is 32.2. The molecule has 1 aromatic carbocycles. The van der Waals surface area contributed by atoms with Crippen molar-refractivity contribution < 1.29 is 14.0 Å². The number of benzene rings is 1. The highest BCUT2D eigenvalue weighted by Crippen LogP contribution is 2.40. The molecule has 0 bridgehead atoms. The maximum Gasteiger partial charge on any atom is 0.323 e. The van der Waals surface area contributed by atoms with E-state index in [1.807, 2.05) is 6.07 Å². The Kier molecular flexibility index (Phi) is 12.7. The number of carbonyl (C=O) groups excluding carboxylic acids is 1. The van der Waals surface area contributed by atoms with Gasteiger partial charge >= 0.3 is 5.97 Å². The van der Waals surface area contributed by atoms with Gasteiger partial charge in [0.2, 0.25) is 0 Å². The van der Waals surface area contributed by atoms with Crippen LogP contribution in [0.3, 0.4) is 0 Å². The lowest BCUT2D eigenvalue weighted by Gasteiger charge is -2.42. The van der Waals surface area contributed by atoms with Crippen LogP contribution in [0.5, 0.6) is 0 Å². The van der Waals surface area contributed by atoms with E-state index in [4.69, 9.17) is 9.16 Å². The molecule has 2 unspecified atom stereocenters. The maximum absolute atomic E-state index is 12.2. The van der Waals surface area contributed by atoms with Gasteiger partial charge < -0.3 is 9.16 Å². The molecule has 1 aromatic rings. The fourth-order valence-electron chi connectivity index (χ4n) is 4.22. The molecule has 1 aliphatic heterocycles. The van der Waals surface area contributed by atoms with Crippen molar-refractivity contribution in [3.63, 3.8) is 0 Å². The summed E-state index contributed by atoms with van der Waals surface area (Å²) in [5.41, 5.74) is 1.26. The van der Waals surface area contributed by atoms with Gasteiger partial charge in [-0.15, -0.1) is 11.8 Å². The monoisotopic (exact) mass is 506 g/mol. The Hall–Kier alpha value is -0.783. The van der Waals surface area contributed by atoms with Crippen molar-refractivity contribution in [2.24, 2.45) is 0 Å². The van der Waals surface area contributed by atoms with E-state index in [9.17, 15) is 4.79 Å². The van der Waals surface area contributed by atoms with Gasteiger partial charge in [-0.25, -0.2) is 0 Å². The van der Waals surface area contributed by atoms with Crippen LogP contribution in [0.2, 0.25) is 18.1 Å². The van der Waals surface area contributed by atoms with Gasteiger partial charge in [-0.05, 0) is 30.1 Å². The van der Waals surface area contributed by atoms with Crippen LogP contribution in [0.4, 0.5) is 0 Å². The molecule has 0 amide bonds. The van der Waals surface area contributed by atoms with Gasteiger partial charge in [-0.1, -0.05) is 116 Å². The lowest BCUT2D eigenvalue weighted by Crippen LogP contribution is -2.51. The van der Waals surface area contributed by atoms with Gasteiger partial charge in [-0.2, -0.15) is 0 Å². The minimum Gasteiger partial charge on any atom is -0.460 e. The van der Waals surface area contributed by atoms with Crippen LogP contribution < -0.4 is 0 Å². The zero-order chi connectivity index (χ0) is 25.0. The smallest absolute Gasteiger partial charge is 0.323 e. The number of carbonyl (C=O) groups is 1. The van der Waals surface area contributed by atoms with E-state index >= 15 is 0 Å². The SMILES string of the molecule is CCCCCCCCCCC[C@H](CC1OC(=O)C1SCc1ccccc1)O[Si](C)(C)C(C)(C)C. The van der Waals surface area contributed by atoms with Crippen LogP contribution in [0.15, 0.2) is 30.3 Å². The highest BCUT2D eigenvalue weighted by molar-refractivity contribution is 8.00. The second kappa shape index (κ2) is 14.7. The Morgan fingerprint density at radius 2 is 1.56 bits per heavy atom. The Balaban J connectivity index is 1.84. The van der Waals surface area contributed by atoms with E-state index in [0.717, 1.165) is 18.6 Å². The van der Waals surface area contributed by atoms with Gasteiger partial charge in [0.25, 0.3) is 0 Å². The first-order chi connectivity index (χ1) is 16.1. The van der Waals surface area contributed by atoms with Crippen molar-refractivity contribution in [1.29, 1.82) is 0 Å². The average molecular weight is 507 g/mol. The molecular formula is C29H50O3SSi. The number of hydrogen-bond acceptors (Lipinski definition) is 4. The van der Waals surface area contributed by atoms with Crippen LogP contribution in [-0.2, 0) is 19.7 Å². The lowest BCUT2D eigenvalue weighted by atomic mass is 9.99. The molecule has 0 radical (unpaired) electrons. The number of esters is 1.